The number of nitrogens with one attached hydrogen (secondary N) is 1. The lowest BCUT2D eigenvalue weighted by molar-refractivity contribution is 0.492. The zero-order chi connectivity index (χ0) is 12.7. The van der Waals surface area contributed by atoms with Gasteiger partial charge in [0.05, 0.1) is 30.3 Å². The number of halogens is 1. The van der Waals surface area contributed by atoms with E-state index in [2.05, 4.69) is 60.7 Å². The largest absolute Gasteiger partial charge is 0.543 e. The Hall–Kier alpha value is -0.433. The van der Waals surface area contributed by atoms with Crippen LogP contribution in [-0.2, 0) is 0 Å². The molecular weight excluding hydrogens is 343 g/mol. The van der Waals surface area contributed by atoms with E-state index in [-0.39, 0.29) is 26.1 Å². The van der Waals surface area contributed by atoms with Gasteiger partial charge in [0.2, 0.25) is 8.32 Å². The molecule has 17 heavy (non-hydrogen) atoms. The van der Waals surface area contributed by atoms with Crippen LogP contribution in [0.3, 0.4) is 0 Å². The average Bonchev–Trinajstić information content (AvgIpc) is 2.62. The van der Waals surface area contributed by atoms with Gasteiger partial charge in [-0.05, 0) is 30.3 Å². The first-order chi connectivity index (χ1) is 7.79. The van der Waals surface area contributed by atoms with Gasteiger partial charge in [0, 0.05) is 6.07 Å². The molecule has 3 nitrogen and oxygen atoms in total. The van der Waals surface area contributed by atoms with Crippen molar-refractivity contribution in [2.45, 2.75) is 38.9 Å². The molecule has 0 atom stereocenters. The molecule has 1 N–H and O–H groups in total. The van der Waals surface area contributed by atoms with Crippen molar-refractivity contribution in [2.24, 2.45) is 3.25 Å². The average molecular weight is 362 g/mol. The quantitative estimate of drug-likeness (QED) is 0.609. The number of anilines is 1. The van der Waals surface area contributed by atoms with Crippen molar-refractivity contribution in [3.8, 4) is 5.75 Å². The van der Waals surface area contributed by atoms with Gasteiger partial charge >= 0.3 is 0 Å². The Morgan fingerprint density at radius 1 is 1.29 bits per heavy atom. The fourth-order valence-corrected chi connectivity index (χ4v) is 3.83. The number of fused-ring (bicyclic) bond motifs is 1. The van der Waals surface area contributed by atoms with Gasteiger partial charge in [-0.3, -0.25) is 5.43 Å². The minimum Gasteiger partial charge on any atom is -0.543 e. The number of nitrogens with zero attached hydrogens (tertiary/aromatic N) is 1. The van der Waals surface area contributed by atoms with Crippen molar-refractivity contribution in [1.82, 2.24) is 0 Å². The van der Waals surface area contributed by atoms with Crippen molar-refractivity contribution in [2.75, 3.05) is 5.43 Å². The first-order valence-electron chi connectivity index (χ1n) is 5.73. The second-order valence-electron chi connectivity index (χ2n) is 5.78. The third-order valence-electron chi connectivity index (χ3n) is 3.41. The Labute approximate surface area is 114 Å². The lowest BCUT2D eigenvalue weighted by Crippen LogP contribution is -2.43. The topological polar surface area (TPSA) is 33.6 Å². The van der Waals surface area contributed by atoms with Crippen LogP contribution in [0.2, 0.25) is 18.1 Å². The Balaban J connectivity index is 2.21. The summed E-state index contributed by atoms with van der Waals surface area (Å²) in [5, 5.41) is 0.233. The van der Waals surface area contributed by atoms with Crippen LogP contribution in [0.4, 0.5) is 5.69 Å². The summed E-state index contributed by atoms with van der Waals surface area (Å²) < 4.78 is 11.9. The molecule has 1 aliphatic rings. The van der Waals surface area contributed by atoms with Gasteiger partial charge < -0.3 is 4.43 Å². The molecule has 5 heteroatoms. The van der Waals surface area contributed by atoms with Gasteiger partial charge in [-0.15, -0.1) is 3.25 Å². The fraction of sp³-hybridized carbons (Fsp3) is 0.500. The molecule has 0 aromatic heterocycles. The molecule has 0 bridgehead atoms. The van der Waals surface area contributed by atoms with Crippen molar-refractivity contribution in [1.29, 1.82) is 0 Å². The second kappa shape index (κ2) is 4.35. The minimum atomic E-state index is -1.73. The van der Waals surface area contributed by atoms with Crippen LogP contribution in [0.1, 0.15) is 20.8 Å². The van der Waals surface area contributed by atoms with Crippen LogP contribution in [0.25, 0.3) is 0 Å². The predicted octanol–water partition coefficient (Wildman–Crippen LogP) is 4.74. The van der Waals surface area contributed by atoms with Crippen molar-refractivity contribution >= 4 is 35.0 Å². The fourth-order valence-electron chi connectivity index (χ4n) is 1.29. The van der Waals surface area contributed by atoms with E-state index in [4.69, 9.17) is 4.43 Å². The maximum absolute atomic E-state index is 6.26. The van der Waals surface area contributed by atoms with E-state index in [1.807, 2.05) is 0 Å². The van der Waals surface area contributed by atoms with E-state index in [0.29, 0.717) is 0 Å². The molecule has 1 aromatic carbocycles. The van der Waals surface area contributed by atoms with E-state index in [1.165, 1.54) is 3.57 Å². The van der Waals surface area contributed by atoms with Crippen LogP contribution in [0.5, 0.6) is 5.75 Å². The number of benzene rings is 1. The lowest BCUT2D eigenvalue weighted by atomic mass is 10.2. The standard InChI is InChI=1S/C12H19IN2OSi/c1-12(2,3)17(4,5)16-9-6-7-10-11(8-9)14-15-13-10/h6-8,14H,1-5H3. The summed E-state index contributed by atoms with van der Waals surface area (Å²) in [6, 6.07) is 6.32. The predicted molar refractivity (Wildman–Crippen MR) is 83.0 cm³/mol. The van der Waals surface area contributed by atoms with E-state index in [1.54, 1.807) is 0 Å². The SMILES string of the molecule is CC(C)(C)[Si](C)(C)Oc1ccc2c(c1)NN=I2. The van der Waals surface area contributed by atoms with Crippen LogP contribution in [-0.4, -0.2) is 8.32 Å². The van der Waals surface area contributed by atoms with Gasteiger partial charge in [-0.25, -0.2) is 0 Å². The molecule has 0 saturated carbocycles. The maximum atomic E-state index is 6.26. The maximum Gasteiger partial charge on any atom is 0.250 e. The molecule has 0 spiro atoms. The summed E-state index contributed by atoms with van der Waals surface area (Å²) in [4.78, 5) is 0. The van der Waals surface area contributed by atoms with Gasteiger partial charge in [-0.2, -0.15) is 0 Å². The molecule has 0 radical (unpaired) electrons. The highest BCUT2D eigenvalue weighted by molar-refractivity contribution is 14.2. The number of rotatable bonds is 2. The molecule has 0 saturated heterocycles. The molecule has 1 aliphatic heterocycles. The van der Waals surface area contributed by atoms with Crippen LogP contribution >= 0.6 is 21.0 Å². The van der Waals surface area contributed by atoms with Gasteiger partial charge in [0.25, 0.3) is 0 Å². The lowest BCUT2D eigenvalue weighted by Gasteiger charge is -2.36. The molecule has 1 heterocycles. The Morgan fingerprint density at radius 3 is 2.65 bits per heavy atom. The zero-order valence-electron chi connectivity index (χ0n) is 11.0. The number of hydrogen-bond donors (Lipinski definition) is 1. The van der Waals surface area contributed by atoms with Crippen LogP contribution in [0.15, 0.2) is 21.5 Å². The smallest absolute Gasteiger partial charge is 0.250 e. The van der Waals surface area contributed by atoms with Crippen LogP contribution in [0, 0.1) is 3.57 Å². The highest BCUT2D eigenvalue weighted by atomic mass is 127. The zero-order valence-corrected chi connectivity index (χ0v) is 14.1. The van der Waals surface area contributed by atoms with E-state index < -0.39 is 8.32 Å². The van der Waals surface area contributed by atoms with E-state index in [9.17, 15) is 0 Å². The normalized spacial score (nSPS) is 14.9. The molecule has 0 unspecified atom stereocenters. The van der Waals surface area contributed by atoms with Gasteiger partial charge in [-0.1, -0.05) is 20.8 Å². The summed E-state index contributed by atoms with van der Waals surface area (Å²) in [7, 11) is -1.73. The molecule has 2 rings (SSSR count). The highest BCUT2D eigenvalue weighted by Gasteiger charge is 2.39. The third kappa shape index (κ3) is 2.70. The molecule has 0 aliphatic carbocycles. The van der Waals surface area contributed by atoms with Crippen molar-refractivity contribution in [3.63, 3.8) is 0 Å². The Bertz CT molecular complexity index is 466. The summed E-state index contributed by atoms with van der Waals surface area (Å²) in [6.07, 6.45) is 0. The first kappa shape index (κ1) is 13.0. The van der Waals surface area contributed by atoms with E-state index in [0.717, 1.165) is 11.4 Å². The molecular formula is C12H19IN2OSi. The Morgan fingerprint density at radius 2 is 2.00 bits per heavy atom. The first-order valence-corrected chi connectivity index (χ1v) is 10.7. The van der Waals surface area contributed by atoms with Gasteiger partial charge in [0.15, 0.2) is 0 Å². The van der Waals surface area contributed by atoms with Gasteiger partial charge in [0.1, 0.15) is 5.75 Å². The van der Waals surface area contributed by atoms with Crippen LogP contribution < -0.4 is 9.85 Å². The Kier molecular flexibility index (Phi) is 3.33. The third-order valence-corrected chi connectivity index (χ3v) is 9.71. The molecule has 0 amide bonds. The monoisotopic (exact) mass is 362 g/mol. The minimum absolute atomic E-state index is 0.178. The number of hydrogen-bond acceptors (Lipinski definition) is 3. The summed E-state index contributed by atoms with van der Waals surface area (Å²) >= 11 is -0.178. The molecule has 94 valence electrons. The molecule has 0 fully saturated rings. The van der Waals surface area contributed by atoms with E-state index >= 15 is 0 Å². The summed E-state index contributed by atoms with van der Waals surface area (Å²) in [5.41, 5.74) is 4.21. The summed E-state index contributed by atoms with van der Waals surface area (Å²) in [6.45, 7) is 11.3. The molecule has 1 aromatic rings. The van der Waals surface area contributed by atoms with Crippen molar-refractivity contribution < 1.29 is 4.43 Å². The highest BCUT2D eigenvalue weighted by Crippen LogP contribution is 2.39. The summed E-state index contributed by atoms with van der Waals surface area (Å²) in [5.74, 6) is 0.976. The van der Waals surface area contributed by atoms with Crippen molar-refractivity contribution in [3.05, 3.63) is 21.8 Å². The second-order valence-corrected chi connectivity index (χ2v) is 12.6.